The zero-order chi connectivity index (χ0) is 24.1. The molecule has 34 heavy (non-hydrogen) atoms. The highest BCUT2D eigenvalue weighted by Crippen LogP contribution is 2.28. The fourth-order valence-electron chi connectivity index (χ4n) is 4.99. The van der Waals surface area contributed by atoms with Crippen molar-refractivity contribution in [3.63, 3.8) is 0 Å². The molecule has 2 N–H and O–H groups in total. The van der Waals surface area contributed by atoms with Crippen molar-refractivity contribution >= 4 is 29.1 Å². The van der Waals surface area contributed by atoms with Gasteiger partial charge in [0.05, 0.1) is 6.04 Å². The van der Waals surface area contributed by atoms with Gasteiger partial charge in [-0.05, 0) is 69.1 Å². The molecule has 8 nitrogen and oxygen atoms in total. The van der Waals surface area contributed by atoms with Gasteiger partial charge < -0.3 is 20.1 Å². The first-order valence-corrected chi connectivity index (χ1v) is 12.3. The van der Waals surface area contributed by atoms with Crippen LogP contribution in [0.3, 0.4) is 0 Å². The van der Waals surface area contributed by atoms with Crippen molar-refractivity contribution in [1.82, 2.24) is 14.8 Å². The van der Waals surface area contributed by atoms with E-state index in [0.29, 0.717) is 25.2 Å². The van der Waals surface area contributed by atoms with Gasteiger partial charge in [0.25, 0.3) is 0 Å². The van der Waals surface area contributed by atoms with E-state index in [1.807, 2.05) is 32.3 Å². The number of carbonyl (C=O) groups excluding carboxylic acids is 3. The average molecular weight is 466 g/mol. The molecule has 8 heteroatoms. The lowest BCUT2D eigenvalue weighted by molar-refractivity contribution is -0.136. The highest BCUT2D eigenvalue weighted by Gasteiger charge is 2.26. The van der Waals surface area contributed by atoms with Crippen molar-refractivity contribution < 1.29 is 14.4 Å². The maximum Gasteiger partial charge on any atom is 0.313 e. The molecular formula is C26H35N5O3. The van der Waals surface area contributed by atoms with E-state index < -0.39 is 11.8 Å². The van der Waals surface area contributed by atoms with Crippen molar-refractivity contribution in [3.05, 3.63) is 47.8 Å². The Hall–Kier alpha value is -3.13. The van der Waals surface area contributed by atoms with Gasteiger partial charge in [-0.15, -0.1) is 0 Å². The number of likely N-dealkylation sites (tertiary alicyclic amines) is 1. The van der Waals surface area contributed by atoms with Gasteiger partial charge in [-0.25, -0.2) is 0 Å². The number of amides is 3. The zero-order valence-electron chi connectivity index (χ0n) is 20.2. The Bertz CT molecular complexity index is 1040. The van der Waals surface area contributed by atoms with Crippen LogP contribution in [0.4, 0.5) is 11.4 Å². The number of hydrogen-bond acceptors (Lipinski definition) is 4. The summed E-state index contributed by atoms with van der Waals surface area (Å²) in [6, 6.07) is 9.49. The van der Waals surface area contributed by atoms with E-state index in [1.54, 1.807) is 17.0 Å². The molecule has 2 saturated heterocycles. The number of aromatic nitrogens is 1. The molecule has 0 spiro atoms. The number of nitrogens with zero attached hydrogens (tertiary/aromatic N) is 3. The van der Waals surface area contributed by atoms with E-state index in [-0.39, 0.29) is 11.9 Å². The first-order chi connectivity index (χ1) is 16.4. The van der Waals surface area contributed by atoms with Crippen molar-refractivity contribution in [2.75, 3.05) is 36.4 Å². The van der Waals surface area contributed by atoms with Crippen LogP contribution in [-0.4, -0.2) is 53.4 Å². The molecule has 1 atom stereocenters. The first-order valence-electron chi connectivity index (χ1n) is 12.3. The minimum atomic E-state index is -0.705. The van der Waals surface area contributed by atoms with Crippen LogP contribution in [0, 0.1) is 6.92 Å². The molecule has 4 rings (SSSR count). The van der Waals surface area contributed by atoms with Crippen LogP contribution in [0.5, 0.6) is 0 Å². The molecule has 3 heterocycles. The van der Waals surface area contributed by atoms with Crippen molar-refractivity contribution in [2.24, 2.45) is 7.05 Å². The summed E-state index contributed by atoms with van der Waals surface area (Å²) < 4.78 is 2.08. The molecular weight excluding hydrogens is 430 g/mol. The molecule has 0 radical (unpaired) electrons. The number of anilines is 2. The molecule has 2 aliphatic heterocycles. The van der Waals surface area contributed by atoms with Gasteiger partial charge in [-0.2, -0.15) is 0 Å². The Morgan fingerprint density at radius 1 is 1.00 bits per heavy atom. The first kappa shape index (κ1) is 24.0. The highest BCUT2D eigenvalue weighted by atomic mass is 16.2. The molecule has 2 aliphatic rings. The number of nitrogens with one attached hydrogen (secondary N) is 2. The molecule has 3 amide bonds. The second kappa shape index (κ2) is 10.9. The van der Waals surface area contributed by atoms with E-state index in [1.165, 1.54) is 12.8 Å². The molecule has 0 saturated carbocycles. The molecule has 1 aromatic heterocycles. The van der Waals surface area contributed by atoms with Gasteiger partial charge in [0.2, 0.25) is 5.91 Å². The minimum Gasteiger partial charge on any atom is -0.353 e. The second-order valence-electron chi connectivity index (χ2n) is 9.32. The zero-order valence-corrected chi connectivity index (χ0v) is 20.2. The highest BCUT2D eigenvalue weighted by molar-refractivity contribution is 6.39. The molecule has 2 fully saturated rings. The molecule has 1 aromatic carbocycles. The summed E-state index contributed by atoms with van der Waals surface area (Å²) in [5, 5.41) is 5.55. The van der Waals surface area contributed by atoms with E-state index in [0.717, 1.165) is 49.3 Å². The SMILES string of the molecule is Cc1ccc(NC(=O)C(=O)NCC(c2cccn2C)N2CCCCCC2)cc1N1CCCC1=O. The lowest BCUT2D eigenvalue weighted by atomic mass is 10.1. The third kappa shape index (κ3) is 5.50. The molecule has 182 valence electrons. The summed E-state index contributed by atoms with van der Waals surface area (Å²) in [6.45, 7) is 4.95. The van der Waals surface area contributed by atoms with Crippen LogP contribution < -0.4 is 15.5 Å². The van der Waals surface area contributed by atoms with Crippen molar-refractivity contribution in [3.8, 4) is 0 Å². The van der Waals surface area contributed by atoms with E-state index in [2.05, 4.69) is 26.2 Å². The molecule has 1 unspecified atom stereocenters. The van der Waals surface area contributed by atoms with E-state index in [4.69, 9.17) is 0 Å². The Morgan fingerprint density at radius 2 is 1.76 bits per heavy atom. The lowest BCUT2D eigenvalue weighted by Crippen LogP contribution is -2.43. The second-order valence-corrected chi connectivity index (χ2v) is 9.32. The van der Waals surface area contributed by atoms with Gasteiger partial charge in [0.1, 0.15) is 0 Å². The van der Waals surface area contributed by atoms with Crippen LogP contribution >= 0.6 is 0 Å². The van der Waals surface area contributed by atoms with Crippen LogP contribution in [0.25, 0.3) is 0 Å². The monoisotopic (exact) mass is 465 g/mol. The fourth-order valence-corrected chi connectivity index (χ4v) is 4.99. The average Bonchev–Trinajstić information content (AvgIpc) is 3.34. The van der Waals surface area contributed by atoms with E-state index in [9.17, 15) is 14.4 Å². The molecule has 0 bridgehead atoms. The van der Waals surface area contributed by atoms with Gasteiger partial charge in [-0.3, -0.25) is 19.3 Å². The van der Waals surface area contributed by atoms with Crippen LogP contribution in [0.15, 0.2) is 36.5 Å². The number of hydrogen-bond donors (Lipinski definition) is 2. The van der Waals surface area contributed by atoms with Crippen molar-refractivity contribution in [2.45, 2.75) is 51.5 Å². The molecule has 0 aliphatic carbocycles. The fraction of sp³-hybridized carbons (Fsp3) is 0.500. The third-order valence-electron chi connectivity index (χ3n) is 6.90. The summed E-state index contributed by atoms with van der Waals surface area (Å²) in [5.41, 5.74) is 3.37. The number of aryl methyl sites for hydroxylation is 2. The topological polar surface area (TPSA) is 86.7 Å². The van der Waals surface area contributed by atoms with Gasteiger partial charge in [0, 0.05) is 49.8 Å². The Kier molecular flexibility index (Phi) is 7.67. The number of carbonyl (C=O) groups is 3. The summed E-state index contributed by atoms with van der Waals surface area (Å²) in [4.78, 5) is 41.7. The summed E-state index contributed by atoms with van der Waals surface area (Å²) in [5.74, 6) is -1.28. The normalized spacial score (nSPS) is 17.9. The smallest absolute Gasteiger partial charge is 0.313 e. The Balaban J connectivity index is 1.41. The van der Waals surface area contributed by atoms with Crippen molar-refractivity contribution in [1.29, 1.82) is 0 Å². The number of rotatable bonds is 6. The largest absolute Gasteiger partial charge is 0.353 e. The lowest BCUT2D eigenvalue weighted by Gasteiger charge is -2.31. The molecule has 2 aromatic rings. The van der Waals surface area contributed by atoms with Gasteiger partial charge in [0.15, 0.2) is 0 Å². The van der Waals surface area contributed by atoms with Crippen LogP contribution in [0.2, 0.25) is 0 Å². The third-order valence-corrected chi connectivity index (χ3v) is 6.90. The maximum atomic E-state index is 12.7. The van der Waals surface area contributed by atoms with Crippen LogP contribution in [-0.2, 0) is 21.4 Å². The predicted octanol–water partition coefficient (Wildman–Crippen LogP) is 3.13. The maximum absolute atomic E-state index is 12.7. The van der Waals surface area contributed by atoms with Gasteiger partial charge in [-0.1, -0.05) is 18.9 Å². The quantitative estimate of drug-likeness (QED) is 0.642. The number of benzene rings is 1. The summed E-state index contributed by atoms with van der Waals surface area (Å²) >= 11 is 0. The summed E-state index contributed by atoms with van der Waals surface area (Å²) in [6.07, 6.45) is 8.12. The Morgan fingerprint density at radius 3 is 2.41 bits per heavy atom. The standard InChI is InChI=1S/C26H35N5O3/c1-19-11-12-20(17-22(19)31-16-8-10-24(31)32)28-26(34)25(33)27-18-23(21-9-7-13-29(21)2)30-14-5-3-4-6-15-30/h7,9,11-13,17,23H,3-6,8,10,14-16,18H2,1-2H3,(H,27,33)(H,28,34). The Labute approximate surface area is 201 Å². The van der Waals surface area contributed by atoms with Crippen LogP contribution in [0.1, 0.15) is 55.8 Å². The minimum absolute atomic E-state index is 0.0157. The van der Waals surface area contributed by atoms with Gasteiger partial charge >= 0.3 is 11.8 Å². The summed E-state index contributed by atoms with van der Waals surface area (Å²) in [7, 11) is 2.01. The predicted molar refractivity (Wildman–Crippen MR) is 133 cm³/mol. The van der Waals surface area contributed by atoms with E-state index >= 15 is 0 Å².